The number of furan rings is 1. The Bertz CT molecular complexity index is 1100. The second-order valence-electron chi connectivity index (χ2n) is 6.62. The predicted molar refractivity (Wildman–Crippen MR) is 114 cm³/mol. The molecule has 6 nitrogen and oxygen atoms in total. The number of amides is 2. The lowest BCUT2D eigenvalue weighted by molar-refractivity contribution is -0.137. The van der Waals surface area contributed by atoms with E-state index in [0.29, 0.717) is 34.4 Å². The first-order chi connectivity index (χ1) is 14.6. The largest absolute Gasteiger partial charge is 0.494 e. The molecule has 0 saturated carbocycles. The Hall–Kier alpha value is -3.51. The lowest BCUT2D eigenvalue weighted by Gasteiger charge is -2.14. The third-order valence-corrected chi connectivity index (χ3v) is 4.86. The number of nitrogens with one attached hydrogen (secondary N) is 1. The fourth-order valence-electron chi connectivity index (χ4n) is 3.25. The Morgan fingerprint density at radius 1 is 1.03 bits per heavy atom. The van der Waals surface area contributed by atoms with Gasteiger partial charge in [0.15, 0.2) is 0 Å². The van der Waals surface area contributed by atoms with Crippen LogP contribution in [0.4, 0.5) is 5.69 Å². The lowest BCUT2D eigenvalue weighted by atomic mass is 10.0. The summed E-state index contributed by atoms with van der Waals surface area (Å²) in [5, 5.41) is 3.66. The Morgan fingerprint density at radius 3 is 2.53 bits per heavy atom. The molecule has 0 unspecified atom stereocenters. The van der Waals surface area contributed by atoms with E-state index in [1.54, 1.807) is 42.5 Å². The molecule has 3 aromatic rings. The van der Waals surface area contributed by atoms with Gasteiger partial charge >= 0.3 is 0 Å². The molecule has 4 rings (SSSR count). The number of rotatable bonds is 7. The second-order valence-corrected chi connectivity index (χ2v) is 7.05. The summed E-state index contributed by atoms with van der Waals surface area (Å²) in [7, 11) is 0. The number of hydrogen-bond donors (Lipinski definition) is 1. The summed E-state index contributed by atoms with van der Waals surface area (Å²) in [5.41, 5.74) is 1.72. The average Bonchev–Trinajstić information content (AvgIpc) is 3.33. The zero-order valence-electron chi connectivity index (χ0n) is 16.2. The highest BCUT2D eigenvalue weighted by atomic mass is 35.5. The van der Waals surface area contributed by atoms with Crippen molar-refractivity contribution in [3.8, 4) is 5.75 Å². The predicted octanol–water partition coefficient (Wildman–Crippen LogP) is 4.72. The van der Waals surface area contributed by atoms with E-state index in [4.69, 9.17) is 20.8 Å². The monoisotopic (exact) mass is 422 g/mol. The molecule has 0 atom stereocenters. The summed E-state index contributed by atoms with van der Waals surface area (Å²) < 4.78 is 10.9. The molecule has 0 radical (unpaired) electrons. The van der Waals surface area contributed by atoms with Crippen LogP contribution in [0.3, 0.4) is 0 Å². The highest BCUT2D eigenvalue weighted by molar-refractivity contribution is 6.36. The number of benzene rings is 2. The minimum atomic E-state index is -0.428. The van der Waals surface area contributed by atoms with E-state index in [0.717, 1.165) is 4.90 Å². The molecule has 152 valence electrons. The lowest BCUT2D eigenvalue weighted by Crippen LogP contribution is -2.31. The SMILES string of the molecule is CCOc1cccc(NC2=C(c3ccc(Cl)cc3)C(=O)N(Cc3ccco3)C2=O)c1. The first kappa shape index (κ1) is 19.8. The van der Waals surface area contributed by atoms with Crippen LogP contribution in [-0.2, 0) is 16.1 Å². The molecular formula is C23H19ClN2O4. The van der Waals surface area contributed by atoms with Crippen LogP contribution in [0.2, 0.25) is 5.02 Å². The molecule has 0 aliphatic carbocycles. The van der Waals surface area contributed by atoms with E-state index in [-0.39, 0.29) is 17.8 Å². The minimum Gasteiger partial charge on any atom is -0.494 e. The van der Waals surface area contributed by atoms with E-state index in [1.165, 1.54) is 6.26 Å². The molecule has 1 aromatic heterocycles. The zero-order chi connectivity index (χ0) is 21.1. The van der Waals surface area contributed by atoms with Gasteiger partial charge in [-0.05, 0) is 48.9 Å². The molecule has 2 amide bonds. The topological polar surface area (TPSA) is 71.8 Å². The Labute approximate surface area is 178 Å². The molecule has 0 spiro atoms. The van der Waals surface area contributed by atoms with Crippen molar-refractivity contribution < 1.29 is 18.7 Å². The summed E-state index contributed by atoms with van der Waals surface area (Å²) in [6.07, 6.45) is 1.51. The van der Waals surface area contributed by atoms with Gasteiger partial charge in [0.2, 0.25) is 0 Å². The first-order valence-corrected chi connectivity index (χ1v) is 9.83. The van der Waals surface area contributed by atoms with Crippen molar-refractivity contribution in [2.24, 2.45) is 0 Å². The van der Waals surface area contributed by atoms with Gasteiger partial charge < -0.3 is 14.5 Å². The summed E-state index contributed by atoms with van der Waals surface area (Å²) in [4.78, 5) is 27.6. The number of hydrogen-bond acceptors (Lipinski definition) is 5. The van der Waals surface area contributed by atoms with Gasteiger partial charge in [-0.1, -0.05) is 29.8 Å². The Morgan fingerprint density at radius 2 is 1.83 bits per heavy atom. The molecule has 2 heterocycles. The van der Waals surface area contributed by atoms with Crippen molar-refractivity contribution in [2.75, 3.05) is 11.9 Å². The normalized spacial score (nSPS) is 13.9. The van der Waals surface area contributed by atoms with Crippen LogP contribution < -0.4 is 10.1 Å². The van der Waals surface area contributed by atoms with Crippen molar-refractivity contribution in [3.63, 3.8) is 0 Å². The molecule has 0 bridgehead atoms. The van der Waals surface area contributed by atoms with E-state index in [2.05, 4.69) is 5.32 Å². The maximum atomic E-state index is 13.2. The molecule has 1 aliphatic rings. The maximum Gasteiger partial charge on any atom is 0.278 e. The summed E-state index contributed by atoms with van der Waals surface area (Å²) in [6.45, 7) is 2.47. The van der Waals surface area contributed by atoms with Crippen molar-refractivity contribution in [2.45, 2.75) is 13.5 Å². The number of ether oxygens (including phenoxy) is 1. The van der Waals surface area contributed by atoms with Gasteiger partial charge in [0.05, 0.1) is 25.0 Å². The quantitative estimate of drug-likeness (QED) is 0.557. The van der Waals surface area contributed by atoms with Crippen LogP contribution >= 0.6 is 11.6 Å². The molecular weight excluding hydrogens is 404 g/mol. The third-order valence-electron chi connectivity index (χ3n) is 4.61. The number of imide groups is 1. The highest BCUT2D eigenvalue weighted by Gasteiger charge is 2.39. The summed E-state index contributed by atoms with van der Waals surface area (Å²) in [6, 6.07) is 17.5. The number of anilines is 1. The van der Waals surface area contributed by atoms with Gasteiger partial charge in [0, 0.05) is 16.8 Å². The fourth-order valence-corrected chi connectivity index (χ4v) is 3.38. The van der Waals surface area contributed by atoms with Gasteiger partial charge in [-0.25, -0.2) is 0 Å². The molecule has 7 heteroatoms. The van der Waals surface area contributed by atoms with Gasteiger partial charge in [-0.15, -0.1) is 0 Å². The van der Waals surface area contributed by atoms with Crippen LogP contribution in [0.5, 0.6) is 5.75 Å². The number of carbonyl (C=O) groups excluding carboxylic acids is 2. The zero-order valence-corrected chi connectivity index (χ0v) is 17.0. The Balaban J connectivity index is 1.73. The Kier molecular flexibility index (Phi) is 5.59. The molecule has 2 aromatic carbocycles. The molecule has 30 heavy (non-hydrogen) atoms. The van der Waals surface area contributed by atoms with E-state index in [1.807, 2.05) is 25.1 Å². The molecule has 1 N–H and O–H groups in total. The highest BCUT2D eigenvalue weighted by Crippen LogP contribution is 2.32. The fraction of sp³-hybridized carbons (Fsp3) is 0.130. The first-order valence-electron chi connectivity index (χ1n) is 9.45. The summed E-state index contributed by atoms with van der Waals surface area (Å²) in [5.74, 6) is 0.359. The number of halogens is 1. The summed E-state index contributed by atoms with van der Waals surface area (Å²) >= 11 is 6.00. The van der Waals surface area contributed by atoms with Crippen molar-refractivity contribution in [1.29, 1.82) is 0 Å². The van der Waals surface area contributed by atoms with Crippen LogP contribution in [-0.4, -0.2) is 23.3 Å². The van der Waals surface area contributed by atoms with Gasteiger partial charge in [0.1, 0.15) is 17.2 Å². The maximum absolute atomic E-state index is 13.2. The third kappa shape index (κ3) is 3.95. The van der Waals surface area contributed by atoms with Gasteiger partial charge in [-0.2, -0.15) is 0 Å². The average molecular weight is 423 g/mol. The van der Waals surface area contributed by atoms with Crippen LogP contribution in [0.15, 0.2) is 77.0 Å². The van der Waals surface area contributed by atoms with Crippen molar-refractivity contribution in [1.82, 2.24) is 4.90 Å². The molecule has 1 aliphatic heterocycles. The van der Waals surface area contributed by atoms with Gasteiger partial charge in [-0.3, -0.25) is 14.5 Å². The van der Waals surface area contributed by atoms with Crippen molar-refractivity contribution >= 4 is 34.7 Å². The minimum absolute atomic E-state index is 0.0475. The van der Waals surface area contributed by atoms with E-state index in [9.17, 15) is 9.59 Å². The second kappa shape index (κ2) is 8.47. The van der Waals surface area contributed by atoms with Gasteiger partial charge in [0.25, 0.3) is 11.8 Å². The number of carbonyl (C=O) groups is 2. The smallest absolute Gasteiger partial charge is 0.278 e. The van der Waals surface area contributed by atoms with Crippen LogP contribution in [0, 0.1) is 0 Å². The van der Waals surface area contributed by atoms with Crippen molar-refractivity contribution in [3.05, 3.63) is 89.0 Å². The standard InChI is InChI=1S/C23H19ClN2O4/c1-2-29-18-6-3-5-17(13-18)25-21-20(15-8-10-16(24)11-9-15)22(27)26(23(21)28)14-19-7-4-12-30-19/h3-13,25H,2,14H2,1H3. The molecule has 0 fully saturated rings. The van der Waals surface area contributed by atoms with E-state index < -0.39 is 11.8 Å². The van der Waals surface area contributed by atoms with Crippen LogP contribution in [0.1, 0.15) is 18.2 Å². The van der Waals surface area contributed by atoms with E-state index >= 15 is 0 Å². The molecule has 0 saturated heterocycles. The number of nitrogens with zero attached hydrogens (tertiary/aromatic N) is 1. The van der Waals surface area contributed by atoms with Crippen LogP contribution in [0.25, 0.3) is 5.57 Å².